The third-order valence-corrected chi connectivity index (χ3v) is 6.16. The maximum atomic E-state index is 13.0. The quantitative estimate of drug-likeness (QED) is 0.704. The highest BCUT2D eigenvalue weighted by Crippen LogP contribution is 2.35. The third kappa shape index (κ3) is 3.36. The van der Waals surface area contributed by atoms with Gasteiger partial charge in [-0.05, 0) is 52.8 Å². The second-order valence-corrected chi connectivity index (χ2v) is 7.95. The Bertz CT molecular complexity index is 844. The number of nitrogens with zero attached hydrogens (tertiary/aromatic N) is 1. The molecule has 0 bridgehead atoms. The molecule has 130 valence electrons. The number of hydrogen-bond acceptors (Lipinski definition) is 2. The van der Waals surface area contributed by atoms with Crippen molar-refractivity contribution in [3.05, 3.63) is 58.4 Å². The summed E-state index contributed by atoms with van der Waals surface area (Å²) in [5, 5.41) is 5.50. The van der Waals surface area contributed by atoms with E-state index in [1.807, 2.05) is 6.07 Å². The van der Waals surface area contributed by atoms with Crippen molar-refractivity contribution < 1.29 is 4.79 Å². The number of hydrogen-bond donors (Lipinski definition) is 1. The largest absolute Gasteiger partial charge is 0.361 e. The smallest absolute Gasteiger partial charge is 0.223 e. The fraction of sp³-hybridized carbons (Fsp3) is 0.381. The zero-order valence-electron chi connectivity index (χ0n) is 14.6. The minimum atomic E-state index is 0.120. The zero-order valence-corrected chi connectivity index (χ0v) is 15.4. The first-order chi connectivity index (χ1) is 12.2. The molecule has 0 saturated carbocycles. The van der Waals surface area contributed by atoms with Gasteiger partial charge < -0.3 is 9.88 Å². The lowest BCUT2D eigenvalue weighted by molar-refractivity contribution is -0.132. The molecule has 1 aromatic carbocycles. The van der Waals surface area contributed by atoms with Gasteiger partial charge in [0.1, 0.15) is 0 Å². The molecule has 1 unspecified atom stereocenters. The molecule has 1 saturated heterocycles. The van der Waals surface area contributed by atoms with Gasteiger partial charge in [0, 0.05) is 42.5 Å². The number of likely N-dealkylation sites (tertiary alicyclic amines) is 1. The standard InChI is InChI=1S/C21H24N2OS/c1-15-6-9-23(10-7-15)21(24)12-18(16-8-11-25-14-16)19-13-22-20-5-3-2-4-17(19)20/h2-5,8,11,13-15,18,22H,6-7,9-10,12H2,1H3. The number of aromatic nitrogens is 1. The Labute approximate surface area is 152 Å². The van der Waals surface area contributed by atoms with Crippen molar-refractivity contribution in [2.24, 2.45) is 5.92 Å². The van der Waals surface area contributed by atoms with Crippen LogP contribution >= 0.6 is 11.3 Å². The van der Waals surface area contributed by atoms with Crippen molar-refractivity contribution in [2.45, 2.75) is 32.1 Å². The van der Waals surface area contributed by atoms with E-state index in [9.17, 15) is 4.79 Å². The number of amides is 1. The molecule has 25 heavy (non-hydrogen) atoms. The van der Waals surface area contributed by atoms with Gasteiger partial charge in [-0.15, -0.1) is 0 Å². The number of piperidine rings is 1. The van der Waals surface area contributed by atoms with E-state index in [0.29, 0.717) is 6.42 Å². The summed E-state index contributed by atoms with van der Waals surface area (Å²) in [4.78, 5) is 18.4. The summed E-state index contributed by atoms with van der Waals surface area (Å²) in [5.41, 5.74) is 3.61. The molecule has 4 heteroatoms. The number of thiophene rings is 1. The Morgan fingerprint density at radius 1 is 1.28 bits per heavy atom. The molecular weight excluding hydrogens is 328 g/mol. The van der Waals surface area contributed by atoms with Crippen LogP contribution in [-0.2, 0) is 4.79 Å². The molecule has 1 aliphatic heterocycles. The average Bonchev–Trinajstić information content (AvgIpc) is 3.30. The van der Waals surface area contributed by atoms with Gasteiger partial charge in [0.2, 0.25) is 5.91 Å². The Morgan fingerprint density at radius 3 is 2.84 bits per heavy atom. The monoisotopic (exact) mass is 352 g/mol. The van der Waals surface area contributed by atoms with Crippen molar-refractivity contribution >= 4 is 28.1 Å². The highest BCUT2D eigenvalue weighted by molar-refractivity contribution is 7.08. The summed E-state index contributed by atoms with van der Waals surface area (Å²) in [6, 6.07) is 10.5. The van der Waals surface area contributed by atoms with Crippen LogP contribution in [0.5, 0.6) is 0 Å². The molecule has 1 fully saturated rings. The lowest BCUT2D eigenvalue weighted by Gasteiger charge is -2.31. The van der Waals surface area contributed by atoms with Crippen molar-refractivity contribution in [1.29, 1.82) is 0 Å². The van der Waals surface area contributed by atoms with E-state index >= 15 is 0 Å². The minimum Gasteiger partial charge on any atom is -0.361 e. The SMILES string of the molecule is CC1CCN(C(=O)CC(c2ccsc2)c2c[nH]c3ccccc23)CC1. The predicted molar refractivity (Wildman–Crippen MR) is 104 cm³/mol. The van der Waals surface area contributed by atoms with Gasteiger partial charge in [-0.3, -0.25) is 4.79 Å². The number of carbonyl (C=O) groups is 1. The van der Waals surface area contributed by atoms with E-state index in [-0.39, 0.29) is 11.8 Å². The van der Waals surface area contributed by atoms with Crippen molar-refractivity contribution in [3.63, 3.8) is 0 Å². The van der Waals surface area contributed by atoms with Gasteiger partial charge >= 0.3 is 0 Å². The molecule has 1 N–H and O–H groups in total. The highest BCUT2D eigenvalue weighted by atomic mass is 32.1. The van der Waals surface area contributed by atoms with E-state index < -0.39 is 0 Å². The minimum absolute atomic E-state index is 0.120. The van der Waals surface area contributed by atoms with Crippen LogP contribution in [-0.4, -0.2) is 28.9 Å². The van der Waals surface area contributed by atoms with Crippen LogP contribution in [0.1, 0.15) is 43.2 Å². The molecule has 3 aromatic rings. The number of para-hydroxylation sites is 1. The molecule has 1 amide bonds. The molecule has 3 heterocycles. The van der Waals surface area contributed by atoms with Crippen LogP contribution in [0.2, 0.25) is 0 Å². The van der Waals surface area contributed by atoms with E-state index in [2.05, 4.69) is 58.0 Å². The zero-order chi connectivity index (χ0) is 17.2. The van der Waals surface area contributed by atoms with Gasteiger partial charge in [-0.1, -0.05) is 25.1 Å². The van der Waals surface area contributed by atoms with Crippen LogP contribution in [0.3, 0.4) is 0 Å². The second kappa shape index (κ2) is 7.04. The molecule has 0 aliphatic carbocycles. The molecule has 1 aliphatic rings. The summed E-state index contributed by atoms with van der Waals surface area (Å²) in [7, 11) is 0. The average molecular weight is 353 g/mol. The van der Waals surface area contributed by atoms with Crippen LogP contribution in [0.4, 0.5) is 0 Å². The van der Waals surface area contributed by atoms with Crippen LogP contribution in [0.15, 0.2) is 47.3 Å². The predicted octanol–water partition coefficient (Wildman–Crippen LogP) is 5.01. The van der Waals surface area contributed by atoms with Gasteiger partial charge in [-0.25, -0.2) is 0 Å². The van der Waals surface area contributed by atoms with E-state index in [0.717, 1.165) is 37.4 Å². The number of aromatic amines is 1. The summed E-state index contributed by atoms with van der Waals surface area (Å²) in [6.45, 7) is 4.09. The number of rotatable bonds is 4. The van der Waals surface area contributed by atoms with Crippen LogP contribution in [0, 0.1) is 5.92 Å². The summed E-state index contributed by atoms with van der Waals surface area (Å²) >= 11 is 1.70. The Hall–Kier alpha value is -2.07. The second-order valence-electron chi connectivity index (χ2n) is 7.17. The van der Waals surface area contributed by atoms with Gasteiger partial charge in [0.25, 0.3) is 0 Å². The third-order valence-electron chi connectivity index (χ3n) is 5.46. The fourth-order valence-electron chi connectivity index (χ4n) is 3.82. The summed E-state index contributed by atoms with van der Waals surface area (Å²) in [5.74, 6) is 1.15. The maximum absolute atomic E-state index is 13.0. The topological polar surface area (TPSA) is 36.1 Å². The van der Waals surface area contributed by atoms with Gasteiger partial charge in [-0.2, -0.15) is 11.3 Å². The first-order valence-corrected chi connectivity index (χ1v) is 10.0. The van der Waals surface area contributed by atoms with Crippen molar-refractivity contribution in [3.8, 4) is 0 Å². The number of H-pyrrole nitrogens is 1. The maximum Gasteiger partial charge on any atom is 0.223 e. The van der Waals surface area contributed by atoms with E-state index in [4.69, 9.17) is 0 Å². The van der Waals surface area contributed by atoms with Crippen molar-refractivity contribution in [1.82, 2.24) is 9.88 Å². The van der Waals surface area contributed by atoms with E-state index in [1.54, 1.807) is 11.3 Å². The molecule has 0 spiro atoms. The first-order valence-electron chi connectivity index (χ1n) is 9.08. The Balaban J connectivity index is 1.62. The molecule has 4 rings (SSSR count). The summed E-state index contributed by atoms with van der Waals surface area (Å²) in [6.07, 6.45) is 4.88. The molecule has 0 radical (unpaired) electrons. The summed E-state index contributed by atoms with van der Waals surface area (Å²) < 4.78 is 0. The number of benzene rings is 1. The first kappa shape index (κ1) is 16.4. The highest BCUT2D eigenvalue weighted by Gasteiger charge is 2.26. The Kier molecular flexibility index (Phi) is 4.62. The van der Waals surface area contributed by atoms with Gasteiger partial charge in [0.05, 0.1) is 0 Å². The lowest BCUT2D eigenvalue weighted by atomic mass is 9.89. The van der Waals surface area contributed by atoms with Crippen LogP contribution in [0.25, 0.3) is 10.9 Å². The molecule has 2 aromatic heterocycles. The Morgan fingerprint density at radius 2 is 2.08 bits per heavy atom. The number of nitrogens with one attached hydrogen (secondary N) is 1. The molecule has 1 atom stereocenters. The van der Waals surface area contributed by atoms with E-state index in [1.165, 1.54) is 16.5 Å². The van der Waals surface area contributed by atoms with Gasteiger partial charge in [0.15, 0.2) is 0 Å². The number of fused-ring (bicyclic) bond motifs is 1. The normalized spacial score (nSPS) is 17.1. The molecule has 3 nitrogen and oxygen atoms in total. The lowest BCUT2D eigenvalue weighted by Crippen LogP contribution is -2.38. The fourth-order valence-corrected chi connectivity index (χ4v) is 4.54. The van der Waals surface area contributed by atoms with Crippen LogP contribution < -0.4 is 0 Å². The molecular formula is C21H24N2OS. The van der Waals surface area contributed by atoms with Crippen molar-refractivity contribution in [2.75, 3.05) is 13.1 Å². The number of carbonyl (C=O) groups excluding carboxylic acids is 1.